The fraction of sp³-hybridized carbons (Fsp3) is 0.200. The van der Waals surface area contributed by atoms with E-state index in [1.165, 1.54) is 16.8 Å². The number of hydrogen-bond donors (Lipinski definition) is 1. The van der Waals surface area contributed by atoms with Gasteiger partial charge in [0.15, 0.2) is 0 Å². The summed E-state index contributed by atoms with van der Waals surface area (Å²) in [6.45, 7) is 1.79. The Kier molecular flexibility index (Phi) is 5.02. The summed E-state index contributed by atoms with van der Waals surface area (Å²) in [5.41, 5.74) is 2.28. The van der Waals surface area contributed by atoms with Crippen molar-refractivity contribution in [3.8, 4) is 5.69 Å². The summed E-state index contributed by atoms with van der Waals surface area (Å²) in [5, 5.41) is 2.72. The highest BCUT2D eigenvalue weighted by molar-refractivity contribution is 5.91. The SMILES string of the molecule is Cc1c(NC(=O)CCc2ccc(F)cc2)c(=O)n(-c2ccccc2)n1C. The maximum absolute atomic E-state index is 12.9. The number of carbonyl (C=O) groups is 1. The molecule has 0 fully saturated rings. The first-order valence-electron chi connectivity index (χ1n) is 8.35. The van der Waals surface area contributed by atoms with Gasteiger partial charge in [-0.1, -0.05) is 30.3 Å². The van der Waals surface area contributed by atoms with Crippen LogP contribution in [-0.4, -0.2) is 15.3 Å². The molecule has 3 aromatic rings. The van der Waals surface area contributed by atoms with Crippen molar-refractivity contribution >= 4 is 11.6 Å². The van der Waals surface area contributed by atoms with Crippen molar-refractivity contribution in [2.75, 3.05) is 5.32 Å². The van der Waals surface area contributed by atoms with Gasteiger partial charge in [-0.3, -0.25) is 14.3 Å². The maximum Gasteiger partial charge on any atom is 0.295 e. The molecule has 1 N–H and O–H groups in total. The Morgan fingerprint density at radius 3 is 2.38 bits per heavy atom. The van der Waals surface area contributed by atoms with Gasteiger partial charge in [-0.25, -0.2) is 9.07 Å². The second-order valence-electron chi connectivity index (χ2n) is 6.11. The molecule has 0 atom stereocenters. The quantitative estimate of drug-likeness (QED) is 0.766. The lowest BCUT2D eigenvalue weighted by Gasteiger charge is -2.07. The molecule has 0 aliphatic carbocycles. The highest BCUT2D eigenvalue weighted by atomic mass is 19.1. The summed E-state index contributed by atoms with van der Waals surface area (Å²) in [7, 11) is 1.78. The Bertz CT molecular complexity index is 973. The van der Waals surface area contributed by atoms with Crippen LogP contribution in [0, 0.1) is 12.7 Å². The third kappa shape index (κ3) is 3.59. The minimum absolute atomic E-state index is 0.213. The van der Waals surface area contributed by atoms with Crippen molar-refractivity contribution in [3.05, 3.63) is 82.0 Å². The van der Waals surface area contributed by atoms with E-state index in [0.717, 1.165) is 11.3 Å². The Morgan fingerprint density at radius 1 is 1.08 bits per heavy atom. The molecule has 0 aliphatic rings. The number of rotatable bonds is 5. The summed E-state index contributed by atoms with van der Waals surface area (Å²) in [6.07, 6.45) is 0.690. The van der Waals surface area contributed by atoms with Crippen LogP contribution in [0.15, 0.2) is 59.4 Å². The van der Waals surface area contributed by atoms with E-state index in [0.29, 0.717) is 12.1 Å². The second-order valence-corrected chi connectivity index (χ2v) is 6.11. The summed E-state index contributed by atoms with van der Waals surface area (Å²) in [4.78, 5) is 25.0. The number of para-hydroxylation sites is 1. The van der Waals surface area contributed by atoms with Gasteiger partial charge in [0.05, 0.1) is 11.4 Å². The average Bonchev–Trinajstić information content (AvgIpc) is 2.85. The molecule has 1 heterocycles. The van der Waals surface area contributed by atoms with Crippen LogP contribution in [-0.2, 0) is 18.3 Å². The molecule has 2 aromatic carbocycles. The standard InChI is InChI=1S/C20H20FN3O2/c1-14-19(20(26)24(23(14)2)17-6-4-3-5-7-17)22-18(25)13-10-15-8-11-16(21)12-9-15/h3-9,11-12H,10,13H2,1-2H3,(H,22,25). The van der Waals surface area contributed by atoms with E-state index >= 15 is 0 Å². The number of anilines is 1. The molecule has 0 saturated heterocycles. The van der Waals surface area contributed by atoms with Crippen molar-refractivity contribution in [2.24, 2.45) is 7.05 Å². The van der Waals surface area contributed by atoms with Crippen molar-refractivity contribution in [2.45, 2.75) is 19.8 Å². The number of benzene rings is 2. The van der Waals surface area contributed by atoms with E-state index < -0.39 is 0 Å². The van der Waals surface area contributed by atoms with Crippen LogP contribution < -0.4 is 10.9 Å². The lowest BCUT2D eigenvalue weighted by Crippen LogP contribution is -2.23. The molecule has 0 radical (unpaired) electrons. The first-order valence-corrected chi connectivity index (χ1v) is 8.35. The van der Waals surface area contributed by atoms with Gasteiger partial charge >= 0.3 is 0 Å². The van der Waals surface area contributed by atoms with Crippen LogP contribution in [0.1, 0.15) is 17.7 Å². The number of aromatic nitrogens is 2. The molecule has 26 heavy (non-hydrogen) atoms. The highest BCUT2D eigenvalue weighted by Gasteiger charge is 2.17. The fourth-order valence-electron chi connectivity index (χ4n) is 2.82. The zero-order valence-electron chi connectivity index (χ0n) is 14.7. The lowest BCUT2D eigenvalue weighted by molar-refractivity contribution is -0.116. The third-order valence-corrected chi connectivity index (χ3v) is 4.37. The van der Waals surface area contributed by atoms with Crippen molar-refractivity contribution in [1.82, 2.24) is 9.36 Å². The summed E-state index contributed by atoms with van der Waals surface area (Å²) in [6, 6.07) is 15.3. The smallest absolute Gasteiger partial charge is 0.295 e. The first kappa shape index (κ1) is 17.7. The minimum atomic E-state index is -0.306. The molecule has 134 valence electrons. The molecule has 6 heteroatoms. The van der Waals surface area contributed by atoms with E-state index in [1.54, 1.807) is 30.8 Å². The number of aryl methyl sites for hydroxylation is 1. The van der Waals surface area contributed by atoms with Crippen molar-refractivity contribution in [1.29, 1.82) is 0 Å². The third-order valence-electron chi connectivity index (χ3n) is 4.37. The van der Waals surface area contributed by atoms with Crippen molar-refractivity contribution < 1.29 is 9.18 Å². The number of amides is 1. The number of carbonyl (C=O) groups excluding carboxylic acids is 1. The minimum Gasteiger partial charge on any atom is -0.320 e. The Labute approximate surface area is 150 Å². The van der Waals surface area contributed by atoms with Crippen LogP contribution in [0.4, 0.5) is 10.1 Å². The lowest BCUT2D eigenvalue weighted by atomic mass is 10.1. The molecule has 0 bridgehead atoms. The predicted octanol–water partition coefficient (Wildman–Crippen LogP) is 3.19. The molecular weight excluding hydrogens is 333 g/mol. The van der Waals surface area contributed by atoms with Gasteiger partial charge in [-0.15, -0.1) is 0 Å². The van der Waals surface area contributed by atoms with Gasteiger partial charge < -0.3 is 5.32 Å². The zero-order valence-corrected chi connectivity index (χ0v) is 14.7. The van der Waals surface area contributed by atoms with Gasteiger partial charge in [-0.05, 0) is 43.2 Å². The normalized spacial score (nSPS) is 10.7. The molecule has 0 saturated carbocycles. The summed E-state index contributed by atoms with van der Waals surface area (Å²) in [5.74, 6) is -0.556. The van der Waals surface area contributed by atoms with Gasteiger partial charge in [0.2, 0.25) is 5.91 Å². The largest absolute Gasteiger partial charge is 0.320 e. The van der Waals surface area contributed by atoms with E-state index in [-0.39, 0.29) is 29.4 Å². The Hall–Kier alpha value is -3.15. The Balaban J connectivity index is 1.76. The topological polar surface area (TPSA) is 56.0 Å². The van der Waals surface area contributed by atoms with E-state index in [9.17, 15) is 14.0 Å². The fourth-order valence-corrected chi connectivity index (χ4v) is 2.82. The predicted molar refractivity (Wildman–Crippen MR) is 99.1 cm³/mol. The average molecular weight is 353 g/mol. The number of nitrogens with one attached hydrogen (secondary N) is 1. The number of halogens is 1. The second kappa shape index (κ2) is 7.39. The van der Waals surface area contributed by atoms with E-state index in [1.807, 2.05) is 30.3 Å². The molecule has 0 unspecified atom stereocenters. The van der Waals surface area contributed by atoms with E-state index in [4.69, 9.17) is 0 Å². The van der Waals surface area contributed by atoms with Gasteiger partial charge in [0.1, 0.15) is 11.5 Å². The van der Waals surface area contributed by atoms with Gasteiger partial charge in [0, 0.05) is 13.5 Å². The van der Waals surface area contributed by atoms with Gasteiger partial charge in [-0.2, -0.15) is 0 Å². The molecule has 1 aromatic heterocycles. The molecule has 0 spiro atoms. The van der Waals surface area contributed by atoms with Crippen LogP contribution in [0.3, 0.4) is 0 Å². The van der Waals surface area contributed by atoms with Crippen LogP contribution in [0.2, 0.25) is 0 Å². The molecular formula is C20H20FN3O2. The zero-order chi connectivity index (χ0) is 18.7. The molecule has 5 nitrogen and oxygen atoms in total. The molecule has 0 aliphatic heterocycles. The summed E-state index contributed by atoms with van der Waals surface area (Å²) >= 11 is 0. The van der Waals surface area contributed by atoms with Crippen LogP contribution >= 0.6 is 0 Å². The molecule has 3 rings (SSSR count). The van der Waals surface area contributed by atoms with Crippen LogP contribution in [0.25, 0.3) is 5.69 Å². The first-order chi connectivity index (χ1) is 12.5. The van der Waals surface area contributed by atoms with Crippen molar-refractivity contribution in [3.63, 3.8) is 0 Å². The number of nitrogens with zero attached hydrogens (tertiary/aromatic N) is 2. The summed E-state index contributed by atoms with van der Waals surface area (Å²) < 4.78 is 16.2. The number of hydrogen-bond acceptors (Lipinski definition) is 2. The maximum atomic E-state index is 12.9. The Morgan fingerprint density at radius 2 is 1.73 bits per heavy atom. The molecule has 1 amide bonds. The monoisotopic (exact) mass is 353 g/mol. The highest BCUT2D eigenvalue weighted by Crippen LogP contribution is 2.14. The van der Waals surface area contributed by atoms with Gasteiger partial charge in [0.25, 0.3) is 5.56 Å². The van der Waals surface area contributed by atoms with E-state index in [2.05, 4.69) is 5.32 Å². The van der Waals surface area contributed by atoms with Crippen LogP contribution in [0.5, 0.6) is 0 Å².